The van der Waals surface area contributed by atoms with Gasteiger partial charge in [-0.1, -0.05) is 63.4 Å². The second-order valence-corrected chi connectivity index (χ2v) is 8.71. The number of anilines is 1. The van der Waals surface area contributed by atoms with E-state index in [1.807, 2.05) is 35.0 Å². The van der Waals surface area contributed by atoms with Crippen LogP contribution in [0.3, 0.4) is 0 Å². The zero-order chi connectivity index (χ0) is 19.3. The first-order valence-corrected chi connectivity index (χ1v) is 10.2. The minimum absolute atomic E-state index is 0.0429. The Balaban J connectivity index is 2.35. The molecule has 4 nitrogen and oxygen atoms in total. The molecule has 0 fully saturated rings. The average Bonchev–Trinajstić information content (AvgIpc) is 3.00. The zero-order valence-corrected chi connectivity index (χ0v) is 18.1. The summed E-state index contributed by atoms with van der Waals surface area (Å²) in [5.74, 6) is 0.859. The highest BCUT2D eigenvalue weighted by atomic mass is 79.9. The molecule has 1 N–H and O–H groups in total. The smallest absolute Gasteiger partial charge is 0.228 e. The third-order valence-corrected chi connectivity index (χ3v) is 5.10. The summed E-state index contributed by atoms with van der Waals surface area (Å²) in [6, 6.07) is 9.94. The van der Waals surface area contributed by atoms with Gasteiger partial charge in [-0.2, -0.15) is 5.10 Å². The van der Waals surface area contributed by atoms with Crippen molar-refractivity contribution >= 4 is 27.7 Å². The number of amides is 1. The number of rotatable bonds is 7. The Labute approximate surface area is 165 Å². The van der Waals surface area contributed by atoms with Crippen molar-refractivity contribution in [2.75, 3.05) is 5.32 Å². The van der Waals surface area contributed by atoms with Crippen LogP contribution in [0.15, 0.2) is 34.8 Å². The highest BCUT2D eigenvalue weighted by Gasteiger charge is 2.23. The van der Waals surface area contributed by atoms with E-state index < -0.39 is 0 Å². The lowest BCUT2D eigenvalue weighted by Gasteiger charge is -2.15. The van der Waals surface area contributed by atoms with E-state index in [0.29, 0.717) is 0 Å². The molecule has 0 radical (unpaired) electrons. The Morgan fingerprint density at radius 1 is 1.23 bits per heavy atom. The average molecular weight is 420 g/mol. The lowest BCUT2D eigenvalue weighted by molar-refractivity contribution is -0.120. The number of carbonyl (C=O) groups excluding carboxylic acids is 1. The van der Waals surface area contributed by atoms with Gasteiger partial charge >= 0.3 is 0 Å². The number of hydrogen-bond acceptors (Lipinski definition) is 2. The van der Waals surface area contributed by atoms with Crippen LogP contribution in [0.25, 0.3) is 5.69 Å². The Morgan fingerprint density at radius 2 is 1.88 bits per heavy atom. The molecule has 142 valence electrons. The molecule has 0 saturated heterocycles. The monoisotopic (exact) mass is 419 g/mol. The lowest BCUT2D eigenvalue weighted by Crippen LogP contribution is -2.23. The van der Waals surface area contributed by atoms with Crippen molar-refractivity contribution in [3.63, 3.8) is 0 Å². The normalized spacial score (nSPS) is 12.8. The number of carbonyl (C=O) groups is 1. The SMILES string of the molecule is CCCCC(CC)C(=O)Nc1cc(C(C)(C)C)nn1-c1ccc(Br)cc1. The Hall–Kier alpha value is -1.62. The fourth-order valence-electron chi connectivity index (χ4n) is 2.82. The lowest BCUT2D eigenvalue weighted by atomic mass is 9.92. The Kier molecular flexibility index (Phi) is 7.04. The maximum Gasteiger partial charge on any atom is 0.228 e. The molecule has 1 heterocycles. The standard InChI is InChI=1S/C21H30BrN3O/c1-6-8-9-15(7-2)20(26)23-19-14-18(21(3,4)5)24-25(19)17-12-10-16(22)11-13-17/h10-15H,6-9H2,1-5H3,(H,23,26). The molecular weight excluding hydrogens is 390 g/mol. The van der Waals surface area contributed by atoms with E-state index in [2.05, 4.69) is 55.9 Å². The van der Waals surface area contributed by atoms with Gasteiger partial charge in [0.2, 0.25) is 5.91 Å². The first-order valence-electron chi connectivity index (χ1n) is 9.43. The molecule has 0 spiro atoms. The van der Waals surface area contributed by atoms with Gasteiger partial charge in [0.15, 0.2) is 0 Å². The van der Waals surface area contributed by atoms with E-state index in [4.69, 9.17) is 5.10 Å². The molecule has 0 aliphatic heterocycles. The van der Waals surface area contributed by atoms with E-state index in [1.165, 1.54) is 0 Å². The first kappa shape index (κ1) is 20.7. The van der Waals surface area contributed by atoms with Gasteiger partial charge in [-0.3, -0.25) is 4.79 Å². The van der Waals surface area contributed by atoms with E-state index in [0.717, 1.165) is 47.4 Å². The van der Waals surface area contributed by atoms with Crippen molar-refractivity contribution in [1.29, 1.82) is 0 Å². The van der Waals surface area contributed by atoms with Crippen LogP contribution in [-0.4, -0.2) is 15.7 Å². The van der Waals surface area contributed by atoms with Crippen LogP contribution >= 0.6 is 15.9 Å². The third-order valence-electron chi connectivity index (χ3n) is 4.57. The second kappa shape index (κ2) is 8.85. The summed E-state index contributed by atoms with van der Waals surface area (Å²) < 4.78 is 2.85. The van der Waals surface area contributed by atoms with Gasteiger partial charge in [0.05, 0.1) is 11.4 Å². The molecule has 2 rings (SSSR count). The molecular formula is C21H30BrN3O. The van der Waals surface area contributed by atoms with Crippen molar-refractivity contribution in [1.82, 2.24) is 9.78 Å². The maximum absolute atomic E-state index is 12.8. The van der Waals surface area contributed by atoms with Gasteiger partial charge in [-0.25, -0.2) is 4.68 Å². The molecule has 1 aromatic carbocycles. The fourth-order valence-corrected chi connectivity index (χ4v) is 3.08. The van der Waals surface area contributed by atoms with Gasteiger partial charge in [0, 0.05) is 21.9 Å². The molecule has 1 amide bonds. The van der Waals surface area contributed by atoms with Crippen molar-refractivity contribution in [2.45, 2.75) is 65.7 Å². The van der Waals surface area contributed by atoms with Crippen LogP contribution in [0.4, 0.5) is 5.82 Å². The minimum Gasteiger partial charge on any atom is -0.310 e. The van der Waals surface area contributed by atoms with Crippen LogP contribution in [-0.2, 0) is 10.2 Å². The summed E-state index contributed by atoms with van der Waals surface area (Å²) in [6.45, 7) is 10.6. The highest BCUT2D eigenvalue weighted by Crippen LogP contribution is 2.27. The summed E-state index contributed by atoms with van der Waals surface area (Å²) in [4.78, 5) is 12.8. The van der Waals surface area contributed by atoms with Crippen molar-refractivity contribution < 1.29 is 4.79 Å². The molecule has 2 aromatic rings. The third kappa shape index (κ3) is 5.19. The topological polar surface area (TPSA) is 46.9 Å². The Bertz CT molecular complexity index is 729. The number of nitrogens with zero attached hydrogens (tertiary/aromatic N) is 2. The van der Waals surface area contributed by atoms with Gasteiger partial charge < -0.3 is 5.32 Å². The van der Waals surface area contributed by atoms with Crippen LogP contribution in [0.1, 0.15) is 66.0 Å². The zero-order valence-electron chi connectivity index (χ0n) is 16.5. The summed E-state index contributed by atoms with van der Waals surface area (Å²) in [5.41, 5.74) is 1.80. The quantitative estimate of drug-likeness (QED) is 0.590. The molecule has 0 bridgehead atoms. The Morgan fingerprint density at radius 3 is 2.42 bits per heavy atom. The van der Waals surface area contributed by atoms with Crippen LogP contribution in [0.5, 0.6) is 0 Å². The van der Waals surface area contributed by atoms with Gasteiger partial charge in [0.1, 0.15) is 5.82 Å². The molecule has 1 unspecified atom stereocenters. The first-order chi connectivity index (χ1) is 12.3. The van der Waals surface area contributed by atoms with Crippen LogP contribution in [0, 0.1) is 5.92 Å². The fraction of sp³-hybridized carbons (Fsp3) is 0.524. The van der Waals surface area contributed by atoms with E-state index in [-0.39, 0.29) is 17.2 Å². The van der Waals surface area contributed by atoms with Gasteiger partial charge in [0.25, 0.3) is 0 Å². The predicted octanol–water partition coefficient (Wildman–Crippen LogP) is 6.09. The van der Waals surface area contributed by atoms with E-state index in [1.54, 1.807) is 0 Å². The summed E-state index contributed by atoms with van der Waals surface area (Å²) in [5, 5.41) is 7.89. The molecule has 1 aromatic heterocycles. The maximum atomic E-state index is 12.8. The number of benzene rings is 1. The van der Waals surface area contributed by atoms with Gasteiger partial charge in [-0.15, -0.1) is 0 Å². The largest absolute Gasteiger partial charge is 0.310 e. The molecule has 1 atom stereocenters. The number of aromatic nitrogens is 2. The summed E-state index contributed by atoms with van der Waals surface area (Å²) >= 11 is 3.47. The van der Waals surface area contributed by atoms with E-state index in [9.17, 15) is 4.79 Å². The molecule has 0 saturated carbocycles. The number of nitrogens with one attached hydrogen (secondary N) is 1. The highest BCUT2D eigenvalue weighted by molar-refractivity contribution is 9.10. The molecule has 0 aliphatic rings. The molecule has 26 heavy (non-hydrogen) atoms. The molecule has 0 aliphatic carbocycles. The second-order valence-electron chi connectivity index (χ2n) is 7.79. The number of halogens is 1. The van der Waals surface area contributed by atoms with Crippen molar-refractivity contribution in [3.05, 3.63) is 40.5 Å². The van der Waals surface area contributed by atoms with Crippen LogP contribution in [0.2, 0.25) is 0 Å². The van der Waals surface area contributed by atoms with E-state index >= 15 is 0 Å². The molecule has 5 heteroatoms. The number of hydrogen-bond donors (Lipinski definition) is 1. The number of unbranched alkanes of at least 4 members (excludes halogenated alkanes) is 1. The van der Waals surface area contributed by atoms with Crippen LogP contribution < -0.4 is 5.32 Å². The summed E-state index contributed by atoms with van der Waals surface area (Å²) in [7, 11) is 0. The van der Waals surface area contributed by atoms with Gasteiger partial charge in [-0.05, 0) is 37.1 Å². The minimum atomic E-state index is -0.0908. The predicted molar refractivity (Wildman–Crippen MR) is 112 cm³/mol. The van der Waals surface area contributed by atoms with Crippen molar-refractivity contribution in [2.24, 2.45) is 5.92 Å². The summed E-state index contributed by atoms with van der Waals surface area (Å²) in [6.07, 6.45) is 3.96. The van der Waals surface area contributed by atoms with Crippen molar-refractivity contribution in [3.8, 4) is 5.69 Å².